The summed E-state index contributed by atoms with van der Waals surface area (Å²) in [6.07, 6.45) is 0. The minimum atomic E-state index is -5.05. The third kappa shape index (κ3) is 9.50. The molecule has 0 unspecified atom stereocenters. The Balaban J connectivity index is 0. The number of nitrogens with two attached hydrogens (primary N) is 1. The van der Waals surface area contributed by atoms with Gasteiger partial charge in [0, 0.05) is 5.69 Å². The van der Waals surface area contributed by atoms with Crippen molar-refractivity contribution in [2.45, 2.75) is 9.79 Å². The van der Waals surface area contributed by atoms with Gasteiger partial charge in [-0.25, -0.2) is 25.3 Å². The van der Waals surface area contributed by atoms with Crippen molar-refractivity contribution >= 4 is 36.0 Å². The van der Waals surface area contributed by atoms with E-state index in [1.807, 2.05) is 0 Å². The van der Waals surface area contributed by atoms with E-state index in [1.165, 1.54) is 0 Å². The first-order chi connectivity index (χ1) is 9.33. The molecule has 0 spiro atoms. The molecule has 15 heteroatoms. The second kappa shape index (κ2) is 10.4. The third-order valence-electron chi connectivity index (χ3n) is 2.19. The summed E-state index contributed by atoms with van der Waals surface area (Å²) in [7, 11) is -14.2. The van der Waals surface area contributed by atoms with Crippen LogP contribution in [0, 0.1) is 0 Å². The fraction of sp³-hybridized carbons (Fsp3) is 0.250. The van der Waals surface area contributed by atoms with Gasteiger partial charge in [-0.15, -0.1) is 0 Å². The summed E-state index contributed by atoms with van der Waals surface area (Å²) in [4.78, 5) is -1.49. The molecule has 10 nitrogen and oxygen atoms in total. The van der Waals surface area contributed by atoms with E-state index in [9.17, 15) is 34.4 Å². The molecule has 0 aliphatic heterocycles. The maximum Gasteiger partial charge on any atom is 1.00 e. The number of benzene rings is 1. The topological polar surface area (TPSA) is 184 Å². The zero-order valence-corrected chi connectivity index (χ0v) is 20.8. The van der Waals surface area contributed by atoms with Crippen LogP contribution in [0.4, 0.5) is 5.69 Å². The summed E-state index contributed by atoms with van der Waals surface area (Å²) in [5.41, 5.74) is 4.83. The molecule has 1 rings (SSSR count). The van der Waals surface area contributed by atoms with E-state index in [0.717, 1.165) is 12.1 Å². The van der Waals surface area contributed by atoms with Gasteiger partial charge in [0.1, 0.15) is 10.1 Å². The average molecular weight is 438 g/mol. The molecule has 0 aromatic heterocycles. The molecule has 0 atom stereocenters. The van der Waals surface area contributed by atoms with Gasteiger partial charge in [0.15, 0.2) is 9.84 Å². The normalized spacial score (nSPS) is 12.1. The summed E-state index contributed by atoms with van der Waals surface area (Å²) in [6, 6.07) is 2.40. The second-order valence-corrected chi connectivity index (χ2v) is 8.21. The Morgan fingerprint density at radius 3 is 1.96 bits per heavy atom. The molecule has 0 heterocycles. The standard InChI is InChI=1S/C8H11NO9S3.2K/c9-7-2-1-6(5-8(7)20(12,13)14)19(10,11)4-3-18-21(15,16)17;;/h1-2,5H,3-4,9H2,(H,12,13,14)(H,15,16,17);;/q;2*+1/p-2. The Bertz CT molecular complexity index is 849. The molecule has 0 fully saturated rings. The van der Waals surface area contributed by atoms with Gasteiger partial charge in [0.2, 0.25) is 10.4 Å². The summed E-state index contributed by atoms with van der Waals surface area (Å²) in [5.74, 6) is -0.906. The maximum absolute atomic E-state index is 11.8. The van der Waals surface area contributed by atoms with Crippen LogP contribution in [0.25, 0.3) is 0 Å². The molecule has 0 saturated heterocycles. The Labute approximate surface area is 219 Å². The number of sulfone groups is 1. The average Bonchev–Trinajstić information content (AvgIpc) is 2.25. The quantitative estimate of drug-likeness (QED) is 0.194. The van der Waals surface area contributed by atoms with Gasteiger partial charge in [0.05, 0.1) is 22.2 Å². The molecule has 1 aromatic rings. The van der Waals surface area contributed by atoms with Crippen LogP contribution in [-0.2, 0) is 34.5 Å². The van der Waals surface area contributed by atoms with Crippen molar-refractivity contribution in [2.24, 2.45) is 0 Å². The minimum Gasteiger partial charge on any atom is -0.744 e. The van der Waals surface area contributed by atoms with Gasteiger partial charge >= 0.3 is 103 Å². The SMILES string of the molecule is Nc1ccc(S(=O)(=O)CCOS(=O)(=O)[O-])cc1S(=O)(=O)[O-].[K+].[K+]. The van der Waals surface area contributed by atoms with Crippen LogP contribution in [0.2, 0.25) is 0 Å². The summed E-state index contributed by atoms with van der Waals surface area (Å²) in [5, 5.41) is 0. The molecule has 23 heavy (non-hydrogen) atoms. The molecule has 0 saturated carbocycles. The maximum atomic E-state index is 11.8. The van der Waals surface area contributed by atoms with Crippen LogP contribution >= 0.6 is 0 Å². The van der Waals surface area contributed by atoms with Gasteiger partial charge in [-0.1, -0.05) is 0 Å². The van der Waals surface area contributed by atoms with E-state index >= 15 is 0 Å². The van der Waals surface area contributed by atoms with Crippen molar-refractivity contribution in [1.29, 1.82) is 0 Å². The zero-order valence-electron chi connectivity index (χ0n) is 12.1. The van der Waals surface area contributed by atoms with Gasteiger partial charge in [-0.3, -0.25) is 4.18 Å². The van der Waals surface area contributed by atoms with Gasteiger partial charge in [-0.2, -0.15) is 0 Å². The van der Waals surface area contributed by atoms with Crippen LogP contribution in [0.1, 0.15) is 0 Å². The predicted octanol–water partition coefficient (Wildman–Crippen LogP) is -7.57. The van der Waals surface area contributed by atoms with Crippen molar-refractivity contribution in [3.8, 4) is 0 Å². The Morgan fingerprint density at radius 1 is 1.00 bits per heavy atom. The summed E-state index contributed by atoms with van der Waals surface area (Å²) >= 11 is 0. The molecule has 0 amide bonds. The molecule has 2 N–H and O–H groups in total. The molecular formula is C8H9K2NO9S3. The number of hydrogen-bond donors (Lipinski definition) is 1. The molecule has 0 aliphatic carbocycles. The molecule has 0 aliphatic rings. The van der Waals surface area contributed by atoms with Crippen LogP contribution in [-0.4, -0.2) is 46.7 Å². The number of nitrogen functional groups attached to an aromatic ring is 1. The van der Waals surface area contributed by atoms with Crippen LogP contribution in [0.15, 0.2) is 28.0 Å². The van der Waals surface area contributed by atoms with Gasteiger partial charge in [0.25, 0.3) is 0 Å². The first-order valence-corrected chi connectivity index (χ1v) is 9.41. The van der Waals surface area contributed by atoms with Crippen molar-refractivity contribution in [2.75, 3.05) is 18.1 Å². The molecule has 0 radical (unpaired) electrons. The predicted molar refractivity (Wildman–Crippen MR) is 66.5 cm³/mol. The summed E-state index contributed by atoms with van der Waals surface area (Å²) in [6.45, 7) is -0.946. The van der Waals surface area contributed by atoms with E-state index in [4.69, 9.17) is 5.73 Å². The Hall–Kier alpha value is 2.02. The minimum absolute atomic E-state index is 0. The Kier molecular flexibility index (Phi) is 12.3. The van der Waals surface area contributed by atoms with Gasteiger partial charge < -0.3 is 14.8 Å². The monoisotopic (exact) mass is 437 g/mol. The van der Waals surface area contributed by atoms with E-state index < -0.39 is 58.2 Å². The van der Waals surface area contributed by atoms with E-state index in [1.54, 1.807) is 0 Å². The molecule has 120 valence electrons. The largest absolute Gasteiger partial charge is 1.00 e. The van der Waals surface area contributed by atoms with Crippen LogP contribution in [0.3, 0.4) is 0 Å². The van der Waals surface area contributed by atoms with Crippen molar-refractivity contribution in [1.82, 2.24) is 0 Å². The fourth-order valence-electron chi connectivity index (χ4n) is 1.29. The van der Waals surface area contributed by atoms with Crippen LogP contribution < -0.4 is 109 Å². The smallest absolute Gasteiger partial charge is 0.744 e. The Morgan fingerprint density at radius 2 is 1.52 bits per heavy atom. The zero-order chi connectivity index (χ0) is 16.5. The van der Waals surface area contributed by atoms with E-state index in [2.05, 4.69) is 4.18 Å². The molecule has 1 aromatic carbocycles. The first kappa shape index (κ1) is 27.2. The van der Waals surface area contributed by atoms with Gasteiger partial charge in [-0.05, 0) is 18.2 Å². The first-order valence-electron chi connectivity index (χ1n) is 5.01. The van der Waals surface area contributed by atoms with Crippen molar-refractivity contribution in [3.05, 3.63) is 18.2 Å². The fourth-order valence-corrected chi connectivity index (χ4v) is 3.50. The second-order valence-electron chi connectivity index (χ2n) is 3.70. The third-order valence-corrected chi connectivity index (χ3v) is 5.22. The summed E-state index contributed by atoms with van der Waals surface area (Å²) < 4.78 is 90.6. The van der Waals surface area contributed by atoms with Crippen molar-refractivity contribution in [3.63, 3.8) is 0 Å². The number of hydrogen-bond acceptors (Lipinski definition) is 10. The number of anilines is 1. The van der Waals surface area contributed by atoms with E-state index in [0.29, 0.717) is 6.07 Å². The van der Waals surface area contributed by atoms with E-state index in [-0.39, 0.29) is 103 Å². The molecule has 0 bridgehead atoms. The van der Waals surface area contributed by atoms with Crippen LogP contribution in [0.5, 0.6) is 0 Å². The van der Waals surface area contributed by atoms with Crippen molar-refractivity contribution < 1.29 is 141 Å². The number of rotatable bonds is 6. The molecular weight excluding hydrogens is 428 g/mol.